The van der Waals surface area contributed by atoms with Crippen LogP contribution in [0.5, 0.6) is 12.0 Å². The molecule has 0 bridgehead atoms. The highest BCUT2D eigenvalue weighted by Crippen LogP contribution is 2.39. The zero-order chi connectivity index (χ0) is 42.0. The zero-order valence-corrected chi connectivity index (χ0v) is 35.8. The molecule has 0 radical (unpaired) electrons. The summed E-state index contributed by atoms with van der Waals surface area (Å²) in [5, 5.41) is 10.2. The number of esters is 2. The molecule has 0 amide bonds. The van der Waals surface area contributed by atoms with Crippen molar-refractivity contribution in [3.05, 3.63) is 0 Å². The third-order valence-corrected chi connectivity index (χ3v) is 10.7. The SMILES string of the molecule is CCOC(=O)/C=N/c1nc(NC2CC(C)(C)N(C)C(C)(C)C2)nc(OCCNCCOc2nc(/N=C/C(=O)OCC)nc(NC3CC(C)(C)N(C)C(C)(C)C3)n2)n1. The molecule has 57 heavy (non-hydrogen) atoms. The lowest BCUT2D eigenvalue weighted by atomic mass is 9.77. The number of piperidine rings is 2. The first-order valence-corrected chi connectivity index (χ1v) is 19.6. The predicted molar refractivity (Wildman–Crippen MR) is 218 cm³/mol. The van der Waals surface area contributed by atoms with Crippen LogP contribution < -0.4 is 25.4 Å². The molecule has 4 heterocycles. The molecule has 19 nitrogen and oxygen atoms in total. The fourth-order valence-electron chi connectivity index (χ4n) is 7.51. The summed E-state index contributed by atoms with van der Waals surface area (Å²) in [4.78, 5) is 63.4. The Hall–Kier alpha value is -4.62. The van der Waals surface area contributed by atoms with Crippen molar-refractivity contribution in [2.24, 2.45) is 9.98 Å². The maximum atomic E-state index is 12.0. The van der Waals surface area contributed by atoms with Gasteiger partial charge in [0.2, 0.25) is 11.9 Å². The van der Waals surface area contributed by atoms with Gasteiger partial charge in [-0.1, -0.05) is 0 Å². The van der Waals surface area contributed by atoms with E-state index in [4.69, 9.17) is 18.9 Å². The summed E-state index contributed by atoms with van der Waals surface area (Å²) in [6.07, 6.45) is 5.52. The second-order valence-electron chi connectivity index (χ2n) is 16.8. The molecule has 0 aromatic carbocycles. The summed E-state index contributed by atoms with van der Waals surface area (Å²) >= 11 is 0. The van der Waals surface area contributed by atoms with Crippen LogP contribution in [-0.2, 0) is 19.1 Å². The number of carbonyl (C=O) groups excluding carboxylic acids is 2. The third-order valence-electron chi connectivity index (χ3n) is 10.7. The van der Waals surface area contributed by atoms with Gasteiger partial charge in [-0.2, -0.15) is 29.9 Å². The van der Waals surface area contributed by atoms with Crippen molar-refractivity contribution in [3.8, 4) is 12.0 Å². The number of anilines is 2. The molecule has 2 aliphatic rings. The number of ether oxygens (including phenoxy) is 4. The second-order valence-corrected chi connectivity index (χ2v) is 16.8. The van der Waals surface area contributed by atoms with E-state index >= 15 is 0 Å². The number of nitrogens with zero attached hydrogens (tertiary/aromatic N) is 10. The van der Waals surface area contributed by atoms with E-state index in [1.54, 1.807) is 13.8 Å². The lowest BCUT2D eigenvalue weighted by Gasteiger charge is -2.53. The monoisotopic (exact) mass is 798 g/mol. The van der Waals surface area contributed by atoms with Gasteiger partial charge in [-0.25, -0.2) is 19.6 Å². The first-order valence-electron chi connectivity index (χ1n) is 19.6. The van der Waals surface area contributed by atoms with Crippen molar-refractivity contribution in [1.82, 2.24) is 45.0 Å². The van der Waals surface area contributed by atoms with E-state index in [2.05, 4.69) is 135 Å². The molecule has 3 N–H and O–H groups in total. The van der Waals surface area contributed by atoms with Gasteiger partial charge in [0.1, 0.15) is 25.6 Å². The first-order chi connectivity index (χ1) is 26.7. The number of aromatic nitrogens is 6. The van der Waals surface area contributed by atoms with Crippen LogP contribution in [0.4, 0.5) is 23.8 Å². The lowest BCUT2D eigenvalue weighted by Crippen LogP contribution is -2.61. The first kappa shape index (κ1) is 45.1. The van der Waals surface area contributed by atoms with Crippen LogP contribution in [0.3, 0.4) is 0 Å². The maximum absolute atomic E-state index is 12.0. The van der Waals surface area contributed by atoms with E-state index in [1.807, 2.05) is 0 Å². The normalized spacial score (nSPS) is 19.7. The Bertz CT molecular complexity index is 1580. The summed E-state index contributed by atoms with van der Waals surface area (Å²) in [7, 11) is 4.29. The highest BCUT2D eigenvalue weighted by atomic mass is 16.5. The van der Waals surface area contributed by atoms with Gasteiger partial charge in [0.25, 0.3) is 11.9 Å². The average Bonchev–Trinajstić information content (AvgIpc) is 3.10. The lowest BCUT2D eigenvalue weighted by molar-refractivity contribution is -0.135. The molecule has 316 valence electrons. The topological polar surface area (TPSA) is 216 Å². The van der Waals surface area contributed by atoms with Crippen LogP contribution >= 0.6 is 0 Å². The Kier molecular flexibility index (Phi) is 15.2. The predicted octanol–water partition coefficient (Wildman–Crippen LogP) is 3.76. The van der Waals surface area contributed by atoms with Crippen LogP contribution in [0, 0.1) is 0 Å². The van der Waals surface area contributed by atoms with Crippen molar-refractivity contribution in [2.75, 3.05) is 64.2 Å². The molecule has 0 unspecified atom stereocenters. The number of hydrogen-bond donors (Lipinski definition) is 3. The molecule has 2 aromatic rings. The zero-order valence-electron chi connectivity index (χ0n) is 35.8. The number of hydrogen-bond acceptors (Lipinski definition) is 19. The van der Waals surface area contributed by atoms with Crippen molar-refractivity contribution in [1.29, 1.82) is 0 Å². The summed E-state index contributed by atoms with van der Waals surface area (Å²) in [5.41, 5.74) is -0.236. The molecule has 2 fully saturated rings. The molecule has 0 aliphatic carbocycles. The van der Waals surface area contributed by atoms with E-state index in [0.29, 0.717) is 25.0 Å². The van der Waals surface area contributed by atoms with Crippen LogP contribution in [0.1, 0.15) is 94.9 Å². The van der Waals surface area contributed by atoms with Crippen molar-refractivity contribution < 1.29 is 28.5 Å². The maximum Gasteiger partial charge on any atom is 0.349 e. The average molecular weight is 798 g/mol. The minimum absolute atomic E-state index is 0.0174. The number of aliphatic imine (C=N–C) groups is 2. The minimum atomic E-state index is -0.601. The number of nitrogens with one attached hydrogen (secondary N) is 3. The molecule has 0 atom stereocenters. The number of carbonyl (C=O) groups is 2. The Balaban J connectivity index is 1.37. The van der Waals surface area contributed by atoms with Crippen LogP contribution in [0.15, 0.2) is 9.98 Å². The smallest absolute Gasteiger partial charge is 0.349 e. The molecule has 2 saturated heterocycles. The van der Waals surface area contributed by atoms with Crippen LogP contribution in [0.2, 0.25) is 0 Å². The molecule has 2 aliphatic heterocycles. The highest BCUT2D eigenvalue weighted by molar-refractivity contribution is 6.24. The van der Waals surface area contributed by atoms with Gasteiger partial charge < -0.3 is 34.9 Å². The quantitative estimate of drug-likeness (QED) is 0.111. The molecule has 2 aromatic heterocycles. The van der Waals surface area contributed by atoms with Gasteiger partial charge in [-0.05, 0) is 109 Å². The van der Waals surface area contributed by atoms with Crippen LogP contribution in [-0.4, -0.2) is 152 Å². The second kappa shape index (κ2) is 19.2. The van der Waals surface area contributed by atoms with Crippen LogP contribution in [0.25, 0.3) is 0 Å². The Morgan fingerprint density at radius 3 is 1.32 bits per heavy atom. The van der Waals surface area contributed by atoms with Gasteiger partial charge in [-0.3, -0.25) is 9.80 Å². The molecule has 19 heteroatoms. The third kappa shape index (κ3) is 13.2. The largest absolute Gasteiger partial charge is 0.462 e. The van der Waals surface area contributed by atoms with Gasteiger partial charge in [0.05, 0.1) is 13.2 Å². The molecule has 0 saturated carbocycles. The standard InChI is InChI=1S/C38H63N13O6/c1-13-54-27(52)23-40-29-44-31(42-25-19-35(3,4)50(11)36(5,6)20-25)48-33(46-29)56-17-15-39-16-18-57-34-47-30(41-24-28(53)55-14-2)45-32(49-34)43-26-21-37(7,8)51(12)38(9,10)22-26/h23-26,39H,13-22H2,1-12H3,(H,42,44,46,48)(H,43,45,47,49)/b40-23+,41-24+. The van der Waals surface area contributed by atoms with Gasteiger partial charge in [0.15, 0.2) is 0 Å². The van der Waals surface area contributed by atoms with Crippen molar-refractivity contribution >= 4 is 48.2 Å². The minimum Gasteiger partial charge on any atom is -0.462 e. The van der Waals surface area contributed by atoms with E-state index in [0.717, 1.165) is 38.1 Å². The van der Waals surface area contributed by atoms with E-state index < -0.39 is 11.9 Å². The Morgan fingerprint density at radius 2 is 0.982 bits per heavy atom. The summed E-state index contributed by atoms with van der Waals surface area (Å²) in [5.74, 6) is -0.558. The summed E-state index contributed by atoms with van der Waals surface area (Å²) in [6.45, 7) is 22.9. The number of rotatable bonds is 18. The van der Waals surface area contributed by atoms with Gasteiger partial charge >= 0.3 is 24.0 Å². The Labute approximate surface area is 336 Å². The molecular formula is C38H63N13O6. The van der Waals surface area contributed by atoms with Gasteiger partial charge in [0, 0.05) is 47.3 Å². The molecule has 4 rings (SSSR count). The van der Waals surface area contributed by atoms with E-state index in [9.17, 15) is 9.59 Å². The van der Waals surface area contributed by atoms with E-state index in [1.165, 1.54) is 0 Å². The van der Waals surface area contributed by atoms with E-state index in [-0.39, 0.29) is 84.6 Å². The van der Waals surface area contributed by atoms with Gasteiger partial charge in [-0.15, -0.1) is 0 Å². The molecule has 0 spiro atoms. The summed E-state index contributed by atoms with van der Waals surface area (Å²) in [6, 6.07) is 0.279. The fourth-order valence-corrected chi connectivity index (χ4v) is 7.51. The summed E-state index contributed by atoms with van der Waals surface area (Å²) < 4.78 is 21.7. The number of likely N-dealkylation sites (tertiary alicyclic amines) is 2. The van der Waals surface area contributed by atoms with Crippen molar-refractivity contribution in [2.45, 2.75) is 129 Å². The fraction of sp³-hybridized carbons (Fsp3) is 0.737. The van der Waals surface area contributed by atoms with Crippen molar-refractivity contribution in [3.63, 3.8) is 0 Å². The Morgan fingerprint density at radius 1 is 0.632 bits per heavy atom. The highest BCUT2D eigenvalue weighted by Gasteiger charge is 2.44. The molecular weight excluding hydrogens is 735 g/mol.